The zero-order valence-electron chi connectivity index (χ0n) is 83.5. The molecule has 15 amide bonds. The molecule has 0 radical (unpaired) electrons. The Morgan fingerprint density at radius 2 is 0.583 bits per heavy atom. The summed E-state index contributed by atoms with van der Waals surface area (Å²) in [7, 11) is 0. The van der Waals surface area contributed by atoms with E-state index in [1.807, 2.05) is 48.5 Å². The van der Waals surface area contributed by atoms with Gasteiger partial charge >= 0.3 is 36.0 Å². The summed E-state index contributed by atoms with van der Waals surface area (Å²) >= 11 is 0. The van der Waals surface area contributed by atoms with Crippen molar-refractivity contribution in [3.05, 3.63) is 0 Å². The Morgan fingerprint density at radius 1 is 0.333 bits per heavy atom. The summed E-state index contributed by atoms with van der Waals surface area (Å²) in [5.74, 6) is -9.92. The van der Waals surface area contributed by atoms with Crippen molar-refractivity contribution in [2.24, 2.45) is 120 Å². The Morgan fingerprint density at radius 3 is 0.811 bits per heavy atom. The van der Waals surface area contributed by atoms with Crippen molar-refractivity contribution in [1.82, 2.24) is 62.6 Å². The highest BCUT2D eigenvalue weighted by Gasteiger charge is 2.73. The minimum absolute atomic E-state index is 0.0345. The van der Waals surface area contributed by atoms with Crippen LogP contribution in [-0.4, -0.2) is 231 Å². The van der Waals surface area contributed by atoms with E-state index in [-0.39, 0.29) is 87.6 Å². The second-order valence-corrected chi connectivity index (χ2v) is 47.8. The van der Waals surface area contributed by atoms with Crippen molar-refractivity contribution < 1.29 is 101 Å². The molecule has 18 atom stereocenters. The Bertz CT molecular complexity index is 4390. The number of piperidine rings is 3. The summed E-state index contributed by atoms with van der Waals surface area (Å²) in [6, 6.07) is -13.8. The molecular weight excluding hydrogens is 1700 g/mol. The molecule has 15 N–H and O–H groups in total. The first-order chi connectivity index (χ1) is 60.4. The maximum atomic E-state index is 14.3. The van der Waals surface area contributed by atoms with Crippen LogP contribution in [0.2, 0.25) is 0 Å². The molecule has 7 saturated carbocycles. The van der Waals surface area contributed by atoms with Crippen LogP contribution in [0.5, 0.6) is 0 Å². The molecule has 10 fully saturated rings. The van der Waals surface area contributed by atoms with E-state index in [1.54, 1.807) is 132 Å². The van der Waals surface area contributed by atoms with Crippen molar-refractivity contribution in [2.45, 2.75) is 374 Å². The molecule has 7 aliphatic carbocycles. The first-order valence-electron chi connectivity index (χ1n) is 47.5. The smallest absolute Gasteiger partial charge is 0.329 e. The molecule has 3 heterocycles. The van der Waals surface area contributed by atoms with Gasteiger partial charge in [0, 0.05) is 19.6 Å². The summed E-state index contributed by atoms with van der Waals surface area (Å²) < 4.78 is 16.3. The molecule has 0 aromatic carbocycles. The van der Waals surface area contributed by atoms with Crippen LogP contribution >= 0.6 is 0 Å². The lowest BCUT2D eigenvalue weighted by molar-refractivity contribution is -0.160. The maximum absolute atomic E-state index is 14.3. The number of carbonyl (C=O) groups is 18. The van der Waals surface area contributed by atoms with Crippen molar-refractivity contribution >= 4 is 107 Å². The molecule has 10 aliphatic rings. The normalized spacial score (nSPS) is 25.2. The minimum Gasteiger partial charge on any atom is -0.461 e. The molecule has 3 saturated heterocycles. The van der Waals surface area contributed by atoms with Gasteiger partial charge in [-0.2, -0.15) is 0 Å². The van der Waals surface area contributed by atoms with E-state index in [9.17, 15) is 86.3 Å². The van der Waals surface area contributed by atoms with Crippen molar-refractivity contribution in [1.29, 1.82) is 0 Å². The second kappa shape index (κ2) is 40.6. The van der Waals surface area contributed by atoms with E-state index in [0.29, 0.717) is 38.9 Å². The fraction of sp³-hybridized carbons (Fsp3) is 0.812. The maximum Gasteiger partial charge on any atom is 0.329 e. The Labute approximate surface area is 779 Å². The molecule has 742 valence electrons. The van der Waals surface area contributed by atoms with Crippen molar-refractivity contribution in [2.75, 3.05) is 19.6 Å². The molecule has 0 bridgehead atoms. The monoisotopic (exact) mass is 1860 g/mol. The molecule has 132 heavy (non-hydrogen) atoms. The number of ether oxygens (including phenoxy) is 3. The molecule has 3 unspecified atom stereocenters. The zero-order chi connectivity index (χ0) is 100.0. The summed E-state index contributed by atoms with van der Waals surface area (Å²) in [5, 5.41) is 24.8. The van der Waals surface area contributed by atoms with Gasteiger partial charge in [0.1, 0.15) is 60.0 Å². The average Bonchev–Trinajstić information content (AvgIpc) is 1.53. The van der Waals surface area contributed by atoms with Crippen LogP contribution in [0.15, 0.2) is 0 Å². The van der Waals surface area contributed by atoms with Gasteiger partial charge in [-0.3, -0.25) is 57.5 Å². The van der Waals surface area contributed by atoms with Gasteiger partial charge < -0.3 is 94.0 Å². The predicted octanol–water partition coefficient (Wildman–Crippen LogP) is 6.59. The predicted molar refractivity (Wildman–Crippen MR) is 489 cm³/mol. The third-order valence-electron chi connectivity index (χ3n) is 29.0. The van der Waals surface area contributed by atoms with E-state index in [4.69, 9.17) is 31.4 Å². The summed E-state index contributed by atoms with van der Waals surface area (Å²) in [4.78, 5) is 241. The number of amides is 15. The number of nitrogens with zero attached hydrogens (tertiary/aromatic N) is 3. The lowest BCUT2D eigenvalue weighted by Gasteiger charge is -2.39. The van der Waals surface area contributed by atoms with Gasteiger partial charge in [-0.1, -0.05) is 203 Å². The zero-order valence-corrected chi connectivity index (χ0v) is 83.5. The van der Waals surface area contributed by atoms with Crippen LogP contribution in [0.1, 0.15) is 284 Å². The average molecular weight is 1860 g/mol. The van der Waals surface area contributed by atoms with Crippen LogP contribution in [0.4, 0.5) is 14.4 Å². The number of likely N-dealkylation sites (tertiary alicyclic amines) is 3. The number of carbonyl (C=O) groups excluding carboxylic acids is 18. The van der Waals surface area contributed by atoms with E-state index in [2.05, 4.69) is 61.7 Å². The van der Waals surface area contributed by atoms with Gasteiger partial charge in [0.05, 0.1) is 30.3 Å². The SMILES string of the molecule is CC(C)(C)OC(=O)[C@H](NC(=O)N[C@H](C(=O)N1C[C@H]2[C@@H]([C@H]1C(=O)NC(CC1CCC1)C(=O)C(N)=O)C2(C)C)C(C)(C)C)C(C)(C)C.CC(C)OC(=O)[C@@H](NC(=O)N[C@H](C(=O)N1C[C@H]2[C@@H]([C@H]1C(=O)NC(CC1CC1)C(=O)C(N)=O)C2(C)C)C(C)(C)C)C(C)(C)C.CC(C)OC(=O)[C@@H](NC(=O)N[C@H](C(=O)N1C[C@H]2[C@@H]([C@H]1C(=O)NC(CC1CCC1)C(=O)C(N)=O)C2(C)C)C(C)(C)C)C1CCC1. The lowest BCUT2D eigenvalue weighted by Crippen LogP contribution is -2.63. The third-order valence-corrected chi connectivity index (χ3v) is 29.0. The number of hydrogen-bond acceptors (Lipinski definition) is 21. The number of ketones is 3. The third kappa shape index (κ3) is 26.1. The number of urea groups is 3. The molecule has 10 rings (SSSR count). The quantitative estimate of drug-likeness (QED) is 0.0187. The number of primary amides is 3. The minimum atomic E-state index is -1.11. The highest BCUT2D eigenvalue weighted by molar-refractivity contribution is 6.39. The number of nitrogens with one attached hydrogen (secondary N) is 9. The van der Waals surface area contributed by atoms with E-state index in [0.717, 1.165) is 70.6 Å². The molecule has 0 aromatic rings. The van der Waals surface area contributed by atoms with Crippen molar-refractivity contribution in [3.8, 4) is 0 Å². The van der Waals surface area contributed by atoms with Gasteiger partial charge in [0.2, 0.25) is 52.8 Å². The van der Waals surface area contributed by atoms with Crippen LogP contribution in [-0.2, 0) is 86.1 Å². The van der Waals surface area contributed by atoms with E-state index in [1.165, 1.54) is 14.7 Å². The topological polar surface area (TPSA) is 531 Å². The van der Waals surface area contributed by atoms with Crippen LogP contribution in [0, 0.1) is 102 Å². The fourth-order valence-corrected chi connectivity index (χ4v) is 20.0. The first-order valence-corrected chi connectivity index (χ1v) is 47.5. The lowest BCUT2D eigenvalue weighted by atomic mass is 9.79. The summed E-state index contributed by atoms with van der Waals surface area (Å²) in [5.41, 5.74) is 10.9. The van der Waals surface area contributed by atoms with E-state index >= 15 is 0 Å². The highest BCUT2D eigenvalue weighted by atomic mass is 16.6. The number of Topliss-reactive ketones (excluding diaryl/α,β-unsaturated/α-hetero) is 3. The number of esters is 3. The molecule has 36 heteroatoms. The summed E-state index contributed by atoms with van der Waals surface area (Å²) in [6.45, 7) is 52.5. The number of nitrogens with two attached hydrogens (primary N) is 3. The molecular formula is C96H157N15O21. The fourth-order valence-electron chi connectivity index (χ4n) is 20.0. The van der Waals surface area contributed by atoms with Crippen LogP contribution in [0.25, 0.3) is 0 Å². The Balaban J connectivity index is 0.000000244. The number of rotatable bonds is 33. The van der Waals surface area contributed by atoms with E-state index < -0.39 is 212 Å². The number of hydrogen-bond donors (Lipinski definition) is 12. The van der Waals surface area contributed by atoms with Gasteiger partial charge in [0.25, 0.3) is 17.7 Å². The van der Waals surface area contributed by atoms with Gasteiger partial charge in [-0.15, -0.1) is 0 Å². The second-order valence-electron chi connectivity index (χ2n) is 47.8. The standard InChI is InChI=1S/C33H55N5O7.C32H51N5O7.C31H51N5O7/c1-30(2,3)23(36-29(44)37-24(31(4,5)6)28(43)45-32(7,8)9)27(42)38-16-18-20(33(18,10)11)21(38)26(41)35-19(22(39)25(34)40)15-17-13-12-14-17;1-16(2)44-29(42)22(18-12-9-13-18)35-30(43)36-25(31(3,4)5)28(41)37-15-19-21(32(19,6)7)23(37)27(40)34-20(24(38)26(33)39)14-17-10-8-11-17;1-15(2)43-27(41)23(30(6,7)8)35-28(42)34-22(29(3,4)5)26(40)36-14-17-19(31(17,9)10)20(36)25(39)33-18(13-16-11-12-16)21(37)24(32)38/h17-21,23-24H,12-16H2,1-11H3,(H2,34,40)(H,35,41)(H2,36,37,44);16-23,25H,8-15H2,1-7H3,(H2,33,39)(H,34,40)(H2,35,36,43);15-20,22-23H,11-14H2,1-10H3,(H2,32,38)(H,33,39)(H2,34,35,42)/t18-,19?,20-,21-,23+,24-;19-,20?,21-,22-,23-,25+;17-,18?,19-,20-,22+,23+/m000/s1. The largest absolute Gasteiger partial charge is 0.461 e. The molecule has 0 spiro atoms. The molecule has 36 nitrogen and oxygen atoms in total. The molecule has 0 aromatic heterocycles. The molecule has 3 aliphatic heterocycles. The van der Waals surface area contributed by atoms with Gasteiger partial charge in [-0.05, 0) is 183 Å². The Kier molecular flexibility index (Phi) is 33.1. The van der Waals surface area contributed by atoms with Crippen LogP contribution < -0.4 is 65.1 Å². The van der Waals surface area contributed by atoms with Gasteiger partial charge in [0.15, 0.2) is 0 Å². The first kappa shape index (κ1) is 108. The highest BCUT2D eigenvalue weighted by Crippen LogP contribution is 2.67. The Hall–Kier alpha value is -9.54. The summed E-state index contributed by atoms with van der Waals surface area (Å²) in [6.07, 6.45) is 10.4. The van der Waals surface area contributed by atoms with Crippen LogP contribution in [0.3, 0.4) is 0 Å². The van der Waals surface area contributed by atoms with Crippen molar-refractivity contribution in [3.63, 3.8) is 0 Å². The number of fused-ring (bicyclic) bond motifs is 3. The van der Waals surface area contributed by atoms with Gasteiger partial charge in [-0.25, -0.2) is 28.8 Å².